The summed E-state index contributed by atoms with van der Waals surface area (Å²) in [6.07, 6.45) is 0. The van der Waals surface area contributed by atoms with Crippen molar-refractivity contribution in [3.8, 4) is 0 Å². The van der Waals surface area contributed by atoms with Gasteiger partial charge in [0.25, 0.3) is 0 Å². The van der Waals surface area contributed by atoms with Gasteiger partial charge in [-0.1, -0.05) is 54.6 Å². The molecule has 22 heavy (non-hydrogen) atoms. The summed E-state index contributed by atoms with van der Waals surface area (Å²) in [5, 5.41) is 3.95. The fourth-order valence-electron chi connectivity index (χ4n) is 2.49. The molecular formula is C19H17AuBrP. The summed E-state index contributed by atoms with van der Waals surface area (Å²) in [7, 11) is -1.78. The molecule has 0 N–H and O–H groups in total. The molecular weight excluding hydrogens is 536 g/mol. The molecule has 0 aliphatic carbocycles. The Morgan fingerprint density at radius 2 is 0.773 bits per heavy atom. The maximum atomic E-state index is 4.69. The maximum Gasteiger partial charge on any atom is 0.0748 e. The van der Waals surface area contributed by atoms with E-state index in [1.807, 2.05) is 0 Å². The summed E-state index contributed by atoms with van der Waals surface area (Å²) in [4.78, 5) is 0. The van der Waals surface area contributed by atoms with Gasteiger partial charge in [-0.05, 0) is 43.7 Å². The number of halogens is 1. The molecule has 0 bridgehead atoms. The van der Waals surface area contributed by atoms with E-state index < -0.39 is 7.26 Å². The average molecular weight is 553 g/mol. The summed E-state index contributed by atoms with van der Waals surface area (Å²) in [6, 6.07) is 31.9. The van der Waals surface area contributed by atoms with Gasteiger partial charge in [-0.3, -0.25) is 0 Å². The first-order chi connectivity index (χ1) is 10.8. The van der Waals surface area contributed by atoms with Crippen LogP contribution in [0.3, 0.4) is 0 Å². The van der Waals surface area contributed by atoms with Crippen molar-refractivity contribution in [3.05, 3.63) is 97.7 Å². The molecule has 0 aliphatic heterocycles. The zero-order chi connectivity index (χ0) is 15.8. The summed E-state index contributed by atoms with van der Waals surface area (Å²) < 4.78 is 0. The van der Waals surface area contributed by atoms with Crippen LogP contribution in [0.2, 0.25) is 0 Å². The third-order valence-electron chi connectivity index (χ3n) is 3.59. The maximum absolute atomic E-state index is 4.69. The molecule has 0 fully saturated rings. The third-order valence-corrected chi connectivity index (χ3v) is 7.13. The van der Waals surface area contributed by atoms with Gasteiger partial charge in [-0.15, -0.1) is 0 Å². The van der Waals surface area contributed by atoms with Crippen LogP contribution in [0, 0.1) is 6.66 Å². The normalized spacial score (nSPS) is 10.5. The first-order valence-corrected chi connectivity index (χ1v) is 13.5. The first-order valence-electron chi connectivity index (χ1n) is 6.83. The van der Waals surface area contributed by atoms with Crippen LogP contribution >= 0.6 is 20.3 Å². The van der Waals surface area contributed by atoms with Crippen molar-refractivity contribution >= 4 is 36.2 Å². The minimum absolute atomic E-state index is 1.32. The molecule has 0 unspecified atom stereocenters. The fourth-order valence-corrected chi connectivity index (χ4v) is 5.43. The third kappa shape index (κ3) is 3.79. The van der Waals surface area contributed by atoms with E-state index in [2.05, 4.69) is 123 Å². The number of hydrogen-bond acceptors (Lipinski definition) is 0. The summed E-state index contributed by atoms with van der Waals surface area (Å²) in [5.74, 6) is 0. The molecule has 0 radical (unpaired) electrons. The Labute approximate surface area is 152 Å². The molecule has 0 aliphatic rings. The molecule has 3 aromatic rings. The largest absolute Gasteiger partial charge is 0.165 e. The van der Waals surface area contributed by atoms with E-state index in [-0.39, 0.29) is 0 Å². The van der Waals surface area contributed by atoms with E-state index in [0.29, 0.717) is 0 Å². The van der Waals surface area contributed by atoms with Crippen LogP contribution in [0.15, 0.2) is 91.0 Å². The van der Waals surface area contributed by atoms with Crippen LogP contribution in [0.5, 0.6) is 0 Å². The van der Waals surface area contributed by atoms with Crippen molar-refractivity contribution in [2.75, 3.05) is 0 Å². The smallest absolute Gasteiger partial charge is 0.0748 e. The van der Waals surface area contributed by atoms with Crippen molar-refractivity contribution < 1.29 is 18.9 Å². The first kappa shape index (κ1) is 17.7. The van der Waals surface area contributed by atoms with Gasteiger partial charge in [0.2, 0.25) is 0 Å². The summed E-state index contributed by atoms with van der Waals surface area (Å²) in [5.41, 5.74) is 0. The van der Waals surface area contributed by atoms with Crippen LogP contribution in [-0.2, 0) is 18.9 Å². The fraction of sp³-hybridized carbons (Fsp3) is 0. The molecule has 0 aromatic heterocycles. The van der Waals surface area contributed by atoms with E-state index >= 15 is 0 Å². The Balaban J connectivity index is 0.000000847. The van der Waals surface area contributed by atoms with Crippen LogP contribution < -0.4 is 15.9 Å². The Hall–Kier alpha value is -0.690. The molecule has 0 saturated heterocycles. The van der Waals surface area contributed by atoms with Gasteiger partial charge >= 0.3 is 32.0 Å². The monoisotopic (exact) mass is 552 g/mol. The molecule has 0 nitrogen and oxygen atoms in total. The minimum atomic E-state index is -1.78. The van der Waals surface area contributed by atoms with Crippen molar-refractivity contribution in [3.63, 3.8) is 0 Å². The Bertz CT molecular complexity index is 575. The molecule has 0 spiro atoms. The quantitative estimate of drug-likeness (QED) is 0.253. The van der Waals surface area contributed by atoms with E-state index in [0.717, 1.165) is 0 Å². The molecule has 0 atom stereocenters. The minimum Gasteiger partial charge on any atom is -0.165 e. The van der Waals surface area contributed by atoms with Gasteiger partial charge in [0, 0.05) is 0 Å². The number of rotatable bonds is 3. The topological polar surface area (TPSA) is 0 Å². The average Bonchev–Trinajstić information content (AvgIpc) is 2.65. The number of benzene rings is 3. The molecule has 0 heterocycles. The molecule has 0 saturated carbocycles. The summed E-state index contributed by atoms with van der Waals surface area (Å²) in [6.45, 7) is 4.69. The second kappa shape index (κ2) is 8.82. The van der Waals surface area contributed by atoms with Crippen molar-refractivity contribution in [2.45, 2.75) is 0 Å². The Morgan fingerprint density at radius 1 is 0.545 bits per heavy atom. The Kier molecular flexibility index (Phi) is 7.08. The predicted octanol–water partition coefficient (Wildman–Crippen LogP) is 4.62. The van der Waals surface area contributed by atoms with E-state index in [1.54, 1.807) is 0 Å². The zero-order valence-electron chi connectivity index (χ0n) is 12.0. The second-order valence-corrected chi connectivity index (χ2v) is 7.99. The predicted molar refractivity (Wildman–Crippen MR) is 99.4 cm³/mol. The second-order valence-electron chi connectivity index (χ2n) is 4.82. The van der Waals surface area contributed by atoms with Gasteiger partial charge in [-0.2, -0.15) is 6.66 Å². The van der Waals surface area contributed by atoms with Crippen molar-refractivity contribution in [2.24, 2.45) is 0 Å². The molecule has 3 aromatic carbocycles. The number of hydrogen-bond donors (Lipinski definition) is 0. The van der Waals surface area contributed by atoms with Crippen molar-refractivity contribution in [1.82, 2.24) is 0 Å². The van der Waals surface area contributed by atoms with E-state index in [1.165, 1.54) is 15.9 Å². The van der Waals surface area contributed by atoms with E-state index in [9.17, 15) is 0 Å². The van der Waals surface area contributed by atoms with Gasteiger partial charge in [0.05, 0.1) is 15.9 Å². The van der Waals surface area contributed by atoms with Gasteiger partial charge in [-0.25, -0.2) is 0 Å². The molecule has 3 rings (SSSR count). The van der Waals surface area contributed by atoms with Crippen LogP contribution in [0.1, 0.15) is 0 Å². The zero-order valence-corrected chi connectivity index (χ0v) is 16.6. The van der Waals surface area contributed by atoms with Crippen LogP contribution in [0.25, 0.3) is 0 Å². The van der Waals surface area contributed by atoms with E-state index in [4.69, 9.17) is 6.66 Å². The standard InChI is InChI=1S/C19H17P.Au.BrH/c1-20(17-11-5-2-6-12-17,18-13-7-3-8-14-18)19-15-9-4-10-16-19;;/h2-16H,1H2;;1H/q;+1;/p-1. The van der Waals surface area contributed by atoms with Gasteiger partial charge in [0.1, 0.15) is 0 Å². The Morgan fingerprint density at radius 3 is 1.00 bits per heavy atom. The van der Waals surface area contributed by atoms with Crippen molar-refractivity contribution in [1.29, 1.82) is 0 Å². The van der Waals surface area contributed by atoms with Gasteiger partial charge < -0.3 is 0 Å². The van der Waals surface area contributed by atoms with Crippen LogP contribution in [0.4, 0.5) is 0 Å². The summed E-state index contributed by atoms with van der Waals surface area (Å²) >= 11 is 4.97. The van der Waals surface area contributed by atoms with Crippen LogP contribution in [-0.4, -0.2) is 0 Å². The van der Waals surface area contributed by atoms with Gasteiger partial charge in [0.15, 0.2) is 0 Å². The molecule has 0 amide bonds. The molecule has 3 heteroatoms. The SMILES string of the molecule is [Br][Au].[CH2-][P+](c1ccccc1)(c1ccccc1)c1ccccc1. The molecule has 116 valence electrons.